The second kappa shape index (κ2) is 9.66. The Morgan fingerprint density at radius 2 is 1.70 bits per heavy atom. The lowest BCUT2D eigenvalue weighted by Crippen LogP contribution is -2.35. The van der Waals surface area contributed by atoms with E-state index in [0.717, 1.165) is 32.1 Å². The van der Waals surface area contributed by atoms with Crippen LogP contribution >= 0.6 is 0 Å². The quantitative estimate of drug-likeness (QED) is 0.757. The fourth-order valence-electron chi connectivity index (χ4n) is 4.14. The summed E-state index contributed by atoms with van der Waals surface area (Å²) in [6.07, 6.45) is 5.18. The van der Waals surface area contributed by atoms with Gasteiger partial charge in [-0.05, 0) is 49.4 Å². The van der Waals surface area contributed by atoms with Crippen LogP contribution in [-0.2, 0) is 9.53 Å². The summed E-state index contributed by atoms with van der Waals surface area (Å²) in [6, 6.07) is 0. The van der Waals surface area contributed by atoms with Crippen molar-refractivity contribution in [2.75, 3.05) is 0 Å². The average Bonchev–Trinajstić information content (AvgIpc) is 2.44. The topological polar surface area (TPSA) is 46.5 Å². The van der Waals surface area contributed by atoms with Crippen LogP contribution in [0, 0.1) is 29.6 Å². The van der Waals surface area contributed by atoms with Crippen LogP contribution in [0.4, 0.5) is 0 Å². The summed E-state index contributed by atoms with van der Waals surface area (Å²) in [5.74, 6) is 1.52. The molecule has 3 nitrogen and oxygen atoms in total. The lowest BCUT2D eigenvalue weighted by Gasteiger charge is -2.32. The second-order valence-electron chi connectivity index (χ2n) is 8.34. The molecule has 1 heterocycles. The molecule has 0 aromatic carbocycles. The van der Waals surface area contributed by atoms with E-state index in [2.05, 4.69) is 34.6 Å². The molecule has 136 valence electrons. The van der Waals surface area contributed by atoms with Gasteiger partial charge in [-0.25, -0.2) is 0 Å². The molecule has 1 aliphatic rings. The molecule has 0 aromatic heterocycles. The van der Waals surface area contributed by atoms with Gasteiger partial charge in [-0.1, -0.05) is 48.0 Å². The third-order valence-electron chi connectivity index (χ3n) is 5.51. The van der Waals surface area contributed by atoms with Crippen LogP contribution < -0.4 is 0 Å². The molecule has 6 unspecified atom stereocenters. The van der Waals surface area contributed by atoms with E-state index in [-0.39, 0.29) is 30.0 Å². The zero-order chi connectivity index (χ0) is 17.6. The number of aliphatic hydroxyl groups excluding tert-OH is 1. The number of ether oxygens (including phenoxy) is 1. The van der Waals surface area contributed by atoms with E-state index in [1.54, 1.807) is 0 Å². The van der Waals surface area contributed by atoms with Crippen molar-refractivity contribution < 1.29 is 14.6 Å². The number of hydrogen-bond acceptors (Lipinski definition) is 3. The Balaban J connectivity index is 2.90. The fourth-order valence-corrected chi connectivity index (χ4v) is 4.14. The van der Waals surface area contributed by atoms with E-state index >= 15 is 0 Å². The summed E-state index contributed by atoms with van der Waals surface area (Å²) in [5.41, 5.74) is 0. The lowest BCUT2D eigenvalue weighted by molar-refractivity contribution is -0.159. The van der Waals surface area contributed by atoms with Gasteiger partial charge in [-0.15, -0.1) is 0 Å². The number of hydrogen-bond donors (Lipinski definition) is 1. The Hall–Kier alpha value is -0.570. The maximum atomic E-state index is 12.5. The van der Waals surface area contributed by atoms with E-state index in [0.29, 0.717) is 24.2 Å². The molecule has 0 amide bonds. The third-order valence-corrected chi connectivity index (χ3v) is 5.51. The van der Waals surface area contributed by atoms with E-state index in [4.69, 9.17) is 4.74 Å². The Kier molecular flexibility index (Phi) is 8.60. The maximum Gasteiger partial charge on any atom is 0.308 e. The van der Waals surface area contributed by atoms with Gasteiger partial charge in [0.2, 0.25) is 0 Å². The standard InChI is InChI=1S/C20H38O3/c1-7-8-15(4)19-12-18(21)16(5)10-13(2)9-14(3)11-17(6)20(22)23-19/h13-19,21H,7-12H2,1-6H3/t13?,14?,15?,16?,17-,18?,19?/m1/s1. The van der Waals surface area contributed by atoms with Crippen molar-refractivity contribution in [1.29, 1.82) is 0 Å². The first-order valence-electron chi connectivity index (χ1n) is 9.63. The maximum absolute atomic E-state index is 12.5. The number of carbonyl (C=O) groups excluding carboxylic acids is 1. The largest absolute Gasteiger partial charge is 0.462 e. The first-order valence-corrected chi connectivity index (χ1v) is 9.63. The minimum absolute atomic E-state index is 0.0532. The van der Waals surface area contributed by atoms with Gasteiger partial charge < -0.3 is 9.84 Å². The molecular formula is C20H38O3. The van der Waals surface area contributed by atoms with Crippen LogP contribution in [0.2, 0.25) is 0 Å². The highest BCUT2D eigenvalue weighted by Gasteiger charge is 2.30. The molecule has 0 spiro atoms. The van der Waals surface area contributed by atoms with E-state index in [1.165, 1.54) is 0 Å². The monoisotopic (exact) mass is 326 g/mol. The smallest absolute Gasteiger partial charge is 0.308 e. The second-order valence-corrected chi connectivity index (χ2v) is 8.34. The summed E-state index contributed by atoms with van der Waals surface area (Å²) in [4.78, 5) is 12.5. The molecule has 1 saturated heterocycles. The minimum atomic E-state index is -0.389. The summed E-state index contributed by atoms with van der Waals surface area (Å²) in [5, 5.41) is 10.6. The molecular weight excluding hydrogens is 288 g/mol. The van der Waals surface area contributed by atoms with Crippen LogP contribution in [0.5, 0.6) is 0 Å². The van der Waals surface area contributed by atoms with Crippen molar-refractivity contribution in [1.82, 2.24) is 0 Å². The Labute approximate surface area is 143 Å². The van der Waals surface area contributed by atoms with Crippen molar-refractivity contribution in [2.24, 2.45) is 29.6 Å². The summed E-state index contributed by atoms with van der Waals surface area (Å²) in [6.45, 7) is 12.9. The number of rotatable bonds is 3. The van der Waals surface area contributed by atoms with Crippen LogP contribution in [0.3, 0.4) is 0 Å². The van der Waals surface area contributed by atoms with Crippen LogP contribution in [0.15, 0.2) is 0 Å². The summed E-state index contributed by atoms with van der Waals surface area (Å²) < 4.78 is 5.84. The lowest BCUT2D eigenvalue weighted by atomic mass is 9.82. The van der Waals surface area contributed by atoms with Crippen LogP contribution in [0.1, 0.15) is 80.1 Å². The van der Waals surface area contributed by atoms with Gasteiger partial charge >= 0.3 is 5.97 Å². The van der Waals surface area contributed by atoms with Crippen LogP contribution in [0.25, 0.3) is 0 Å². The molecule has 0 radical (unpaired) electrons. The predicted octanol–water partition coefficient (Wildman–Crippen LogP) is 4.81. The SMILES string of the molecule is CCCC(C)C1CC(O)C(C)CC(C)CC(C)C[C@@H](C)C(=O)O1. The highest BCUT2D eigenvalue weighted by atomic mass is 16.5. The number of cyclic esters (lactones) is 1. The van der Waals surface area contributed by atoms with Crippen molar-refractivity contribution in [2.45, 2.75) is 92.3 Å². The Morgan fingerprint density at radius 3 is 2.30 bits per heavy atom. The fraction of sp³-hybridized carbons (Fsp3) is 0.950. The van der Waals surface area contributed by atoms with Crippen molar-refractivity contribution in [3.63, 3.8) is 0 Å². The molecule has 1 fully saturated rings. The molecule has 1 aliphatic heterocycles. The Bertz CT molecular complexity index is 355. The van der Waals surface area contributed by atoms with Crippen molar-refractivity contribution in [3.8, 4) is 0 Å². The van der Waals surface area contributed by atoms with Gasteiger partial charge in [0.25, 0.3) is 0 Å². The molecule has 0 saturated carbocycles. The van der Waals surface area contributed by atoms with Gasteiger partial charge in [0.1, 0.15) is 6.10 Å². The molecule has 0 bridgehead atoms. The van der Waals surface area contributed by atoms with E-state index in [1.807, 2.05) is 6.92 Å². The normalized spacial score (nSPS) is 39.0. The van der Waals surface area contributed by atoms with Gasteiger partial charge in [0.15, 0.2) is 0 Å². The molecule has 7 atom stereocenters. The van der Waals surface area contributed by atoms with Crippen molar-refractivity contribution in [3.05, 3.63) is 0 Å². The number of carbonyl (C=O) groups is 1. The predicted molar refractivity (Wildman–Crippen MR) is 95.1 cm³/mol. The third kappa shape index (κ3) is 6.82. The van der Waals surface area contributed by atoms with Crippen LogP contribution in [-0.4, -0.2) is 23.3 Å². The molecule has 0 aliphatic carbocycles. The molecule has 23 heavy (non-hydrogen) atoms. The molecule has 1 N–H and O–H groups in total. The summed E-state index contributed by atoms with van der Waals surface area (Å²) in [7, 11) is 0. The van der Waals surface area contributed by atoms with Gasteiger partial charge in [-0.2, -0.15) is 0 Å². The van der Waals surface area contributed by atoms with Gasteiger partial charge in [-0.3, -0.25) is 4.79 Å². The Morgan fingerprint density at radius 1 is 1.09 bits per heavy atom. The summed E-state index contributed by atoms with van der Waals surface area (Å²) >= 11 is 0. The molecule has 0 aromatic rings. The minimum Gasteiger partial charge on any atom is -0.462 e. The number of aliphatic hydroxyl groups is 1. The highest BCUT2D eigenvalue weighted by Crippen LogP contribution is 2.30. The van der Waals surface area contributed by atoms with E-state index < -0.39 is 0 Å². The zero-order valence-corrected chi connectivity index (χ0v) is 16.0. The zero-order valence-electron chi connectivity index (χ0n) is 16.0. The average molecular weight is 327 g/mol. The molecule has 1 rings (SSSR count). The number of esters is 1. The van der Waals surface area contributed by atoms with E-state index in [9.17, 15) is 9.90 Å². The van der Waals surface area contributed by atoms with Gasteiger partial charge in [0, 0.05) is 6.42 Å². The van der Waals surface area contributed by atoms with Crippen molar-refractivity contribution >= 4 is 5.97 Å². The highest BCUT2D eigenvalue weighted by molar-refractivity contribution is 5.72. The first-order chi connectivity index (χ1) is 10.7. The van der Waals surface area contributed by atoms with Gasteiger partial charge in [0.05, 0.1) is 12.0 Å². The first kappa shape index (κ1) is 20.5. The molecule has 3 heteroatoms.